The fourth-order valence-corrected chi connectivity index (χ4v) is 2.54. The van der Waals surface area contributed by atoms with Crippen molar-refractivity contribution < 1.29 is 0 Å². The van der Waals surface area contributed by atoms with E-state index in [1.807, 2.05) is 6.20 Å². The van der Waals surface area contributed by atoms with Gasteiger partial charge in [0.05, 0.1) is 12.4 Å². The first kappa shape index (κ1) is 9.73. The Morgan fingerprint density at radius 3 is 2.50 bits per heavy atom. The number of fused-ring (bicyclic) bond motifs is 1. The highest BCUT2D eigenvalue weighted by molar-refractivity contribution is 5.81. The van der Waals surface area contributed by atoms with E-state index in [9.17, 15) is 0 Å². The van der Waals surface area contributed by atoms with Crippen molar-refractivity contribution in [3.05, 3.63) is 36.2 Å². The van der Waals surface area contributed by atoms with Gasteiger partial charge in [0.25, 0.3) is 0 Å². The van der Waals surface area contributed by atoms with Crippen molar-refractivity contribution in [2.45, 2.75) is 24.7 Å². The molecule has 1 fully saturated rings. The van der Waals surface area contributed by atoms with Gasteiger partial charge in [0.15, 0.2) is 0 Å². The normalized spacial score (nSPS) is 18.3. The van der Waals surface area contributed by atoms with Crippen LogP contribution in [-0.2, 0) is 5.41 Å². The molecule has 1 aromatic carbocycles. The molecular formula is C13H15N3. The summed E-state index contributed by atoms with van der Waals surface area (Å²) < 4.78 is 0. The molecule has 0 atom stereocenters. The smallest absolute Gasteiger partial charge is 0.0574 e. The second-order valence-electron chi connectivity index (χ2n) is 4.67. The second kappa shape index (κ2) is 3.52. The monoisotopic (exact) mass is 213 g/mol. The summed E-state index contributed by atoms with van der Waals surface area (Å²) in [4.78, 5) is 0. The van der Waals surface area contributed by atoms with Crippen molar-refractivity contribution in [1.82, 2.24) is 10.2 Å². The summed E-state index contributed by atoms with van der Waals surface area (Å²) in [5, 5.41) is 10.1. The van der Waals surface area contributed by atoms with Crippen molar-refractivity contribution >= 4 is 10.8 Å². The minimum absolute atomic E-state index is 0.234. The molecule has 0 radical (unpaired) electrons. The van der Waals surface area contributed by atoms with Crippen LogP contribution in [0.5, 0.6) is 0 Å². The molecule has 82 valence electrons. The van der Waals surface area contributed by atoms with Crippen LogP contribution in [0.4, 0.5) is 0 Å². The van der Waals surface area contributed by atoms with Crippen molar-refractivity contribution in [1.29, 1.82) is 0 Å². The number of nitrogens with zero attached hydrogens (tertiary/aromatic N) is 2. The third-order valence-corrected chi connectivity index (χ3v) is 3.86. The highest BCUT2D eigenvalue weighted by Gasteiger charge is 2.37. The van der Waals surface area contributed by atoms with Gasteiger partial charge < -0.3 is 5.73 Å². The Labute approximate surface area is 94.7 Å². The van der Waals surface area contributed by atoms with Crippen LogP contribution >= 0.6 is 0 Å². The number of aromatic nitrogens is 2. The molecule has 1 heterocycles. The lowest BCUT2D eigenvalue weighted by atomic mass is 9.64. The second-order valence-corrected chi connectivity index (χ2v) is 4.67. The summed E-state index contributed by atoms with van der Waals surface area (Å²) in [5.41, 5.74) is 7.51. The Hall–Kier alpha value is -1.48. The predicted molar refractivity (Wildman–Crippen MR) is 64.1 cm³/mol. The minimum atomic E-state index is 0.234. The highest BCUT2D eigenvalue weighted by atomic mass is 15.1. The maximum atomic E-state index is 5.92. The van der Waals surface area contributed by atoms with Crippen LogP contribution < -0.4 is 5.73 Å². The molecule has 0 saturated heterocycles. The van der Waals surface area contributed by atoms with Crippen LogP contribution in [0.25, 0.3) is 10.8 Å². The molecule has 1 aliphatic carbocycles. The zero-order chi connectivity index (χ0) is 11.0. The van der Waals surface area contributed by atoms with E-state index in [2.05, 4.69) is 28.4 Å². The molecule has 3 nitrogen and oxygen atoms in total. The molecule has 1 aliphatic rings. The summed E-state index contributed by atoms with van der Waals surface area (Å²) in [6.45, 7) is 0.747. The molecule has 2 aromatic rings. The molecule has 0 bridgehead atoms. The standard InChI is InChI=1S/C13H15N3/c14-9-13(4-1-5-13)12-3-2-10-7-15-16-8-11(10)6-12/h2-3,6-8H,1,4-5,9,14H2. The summed E-state index contributed by atoms with van der Waals surface area (Å²) in [7, 11) is 0. The lowest BCUT2D eigenvalue weighted by Gasteiger charge is -2.41. The molecular weight excluding hydrogens is 198 g/mol. The van der Waals surface area contributed by atoms with Crippen LogP contribution in [0.15, 0.2) is 30.6 Å². The number of nitrogens with two attached hydrogens (primary N) is 1. The topological polar surface area (TPSA) is 51.8 Å². The molecule has 16 heavy (non-hydrogen) atoms. The first-order valence-corrected chi connectivity index (χ1v) is 5.75. The Bertz CT molecular complexity index is 512. The van der Waals surface area contributed by atoms with E-state index >= 15 is 0 Å². The first-order valence-electron chi connectivity index (χ1n) is 5.75. The van der Waals surface area contributed by atoms with Gasteiger partial charge in [-0.05, 0) is 24.5 Å². The lowest BCUT2D eigenvalue weighted by Crippen LogP contribution is -2.41. The van der Waals surface area contributed by atoms with Crippen molar-refractivity contribution in [2.75, 3.05) is 6.54 Å². The van der Waals surface area contributed by atoms with Crippen LogP contribution in [0, 0.1) is 0 Å². The third kappa shape index (κ3) is 1.32. The zero-order valence-electron chi connectivity index (χ0n) is 9.19. The van der Waals surface area contributed by atoms with E-state index in [1.54, 1.807) is 6.20 Å². The lowest BCUT2D eigenvalue weighted by molar-refractivity contribution is 0.253. The summed E-state index contributed by atoms with van der Waals surface area (Å²) in [5.74, 6) is 0. The molecule has 0 amide bonds. The summed E-state index contributed by atoms with van der Waals surface area (Å²) >= 11 is 0. The van der Waals surface area contributed by atoms with Gasteiger partial charge >= 0.3 is 0 Å². The largest absolute Gasteiger partial charge is 0.330 e. The Kier molecular flexibility index (Phi) is 2.14. The average Bonchev–Trinajstić information content (AvgIpc) is 2.28. The molecule has 3 rings (SSSR count). The SMILES string of the molecule is NCC1(c2ccc3cnncc3c2)CCC1. The third-order valence-electron chi connectivity index (χ3n) is 3.86. The van der Waals surface area contributed by atoms with E-state index in [4.69, 9.17) is 5.73 Å². The van der Waals surface area contributed by atoms with E-state index in [0.29, 0.717) is 0 Å². The predicted octanol–water partition coefficient (Wildman–Crippen LogP) is 2.01. The van der Waals surface area contributed by atoms with Crippen LogP contribution in [0.2, 0.25) is 0 Å². The van der Waals surface area contributed by atoms with Gasteiger partial charge in [0.2, 0.25) is 0 Å². The maximum Gasteiger partial charge on any atom is 0.0574 e. The number of rotatable bonds is 2. The molecule has 2 N–H and O–H groups in total. The fourth-order valence-electron chi connectivity index (χ4n) is 2.54. The van der Waals surface area contributed by atoms with Gasteiger partial charge in [-0.15, -0.1) is 0 Å². The van der Waals surface area contributed by atoms with Gasteiger partial charge in [-0.1, -0.05) is 18.6 Å². The van der Waals surface area contributed by atoms with Gasteiger partial charge in [-0.2, -0.15) is 10.2 Å². The molecule has 0 aliphatic heterocycles. The number of hydrogen-bond donors (Lipinski definition) is 1. The maximum absolute atomic E-state index is 5.92. The molecule has 1 saturated carbocycles. The highest BCUT2D eigenvalue weighted by Crippen LogP contribution is 2.43. The molecule has 0 unspecified atom stereocenters. The first-order chi connectivity index (χ1) is 7.84. The Morgan fingerprint density at radius 1 is 1.12 bits per heavy atom. The van der Waals surface area contributed by atoms with E-state index < -0.39 is 0 Å². The van der Waals surface area contributed by atoms with Gasteiger partial charge in [0.1, 0.15) is 0 Å². The zero-order valence-corrected chi connectivity index (χ0v) is 9.19. The van der Waals surface area contributed by atoms with Gasteiger partial charge in [0, 0.05) is 22.7 Å². The minimum Gasteiger partial charge on any atom is -0.330 e. The van der Waals surface area contributed by atoms with Gasteiger partial charge in [-0.25, -0.2) is 0 Å². The molecule has 1 aromatic heterocycles. The molecule has 3 heteroatoms. The summed E-state index contributed by atoms with van der Waals surface area (Å²) in [6, 6.07) is 6.53. The number of hydrogen-bond acceptors (Lipinski definition) is 3. The van der Waals surface area contributed by atoms with Crippen molar-refractivity contribution in [3.8, 4) is 0 Å². The average molecular weight is 213 g/mol. The fraction of sp³-hybridized carbons (Fsp3) is 0.385. The molecule has 0 spiro atoms. The summed E-state index contributed by atoms with van der Waals surface area (Å²) in [6.07, 6.45) is 7.35. The van der Waals surface area contributed by atoms with E-state index in [-0.39, 0.29) is 5.41 Å². The van der Waals surface area contributed by atoms with Crippen LogP contribution in [0.1, 0.15) is 24.8 Å². The van der Waals surface area contributed by atoms with E-state index in [0.717, 1.165) is 17.3 Å². The quantitative estimate of drug-likeness (QED) is 0.830. The Balaban J connectivity index is 2.11. The van der Waals surface area contributed by atoms with Crippen molar-refractivity contribution in [3.63, 3.8) is 0 Å². The van der Waals surface area contributed by atoms with E-state index in [1.165, 1.54) is 24.8 Å². The van der Waals surface area contributed by atoms with Crippen molar-refractivity contribution in [2.24, 2.45) is 5.73 Å². The Morgan fingerprint density at radius 2 is 1.88 bits per heavy atom. The number of benzene rings is 1. The van der Waals surface area contributed by atoms with Crippen LogP contribution in [0.3, 0.4) is 0 Å². The van der Waals surface area contributed by atoms with Gasteiger partial charge in [-0.3, -0.25) is 0 Å². The van der Waals surface area contributed by atoms with Crippen LogP contribution in [-0.4, -0.2) is 16.7 Å².